The van der Waals surface area contributed by atoms with Gasteiger partial charge in [0.2, 0.25) is 0 Å². The number of nitrogens with zero attached hydrogens (tertiary/aromatic N) is 4. The minimum absolute atomic E-state index is 0.153. The fraction of sp³-hybridized carbons (Fsp3) is 0.167. The molecule has 1 fully saturated rings. The van der Waals surface area contributed by atoms with Crippen molar-refractivity contribution in [3.8, 4) is 11.3 Å². The number of fused-ring (bicyclic) bond motifs is 2. The molecule has 0 unspecified atom stereocenters. The van der Waals surface area contributed by atoms with Crippen LogP contribution >= 0.6 is 11.3 Å². The van der Waals surface area contributed by atoms with Crippen LogP contribution in [-0.2, 0) is 0 Å². The third-order valence-corrected chi connectivity index (χ3v) is 6.74. The van der Waals surface area contributed by atoms with Gasteiger partial charge in [-0.1, -0.05) is 0 Å². The highest BCUT2D eigenvalue weighted by molar-refractivity contribution is 7.18. The van der Waals surface area contributed by atoms with Crippen LogP contribution in [0.15, 0.2) is 61.1 Å². The lowest BCUT2D eigenvalue weighted by Crippen LogP contribution is -1.99. The molecule has 1 aromatic carbocycles. The molecular weight excluding hydrogens is 428 g/mol. The number of hydrogen-bond acceptors (Lipinski definition) is 6. The van der Waals surface area contributed by atoms with Gasteiger partial charge in [-0.2, -0.15) is 0 Å². The minimum Gasteiger partial charge on any atom is -0.340 e. The van der Waals surface area contributed by atoms with Crippen molar-refractivity contribution in [2.45, 2.75) is 25.2 Å². The number of aromatic nitrogens is 4. The first-order valence-electron chi connectivity index (χ1n) is 10.3. The van der Waals surface area contributed by atoms with Gasteiger partial charge < -0.3 is 5.32 Å². The second-order valence-electron chi connectivity index (χ2n) is 7.82. The summed E-state index contributed by atoms with van der Waals surface area (Å²) in [5.41, 5.74) is 3.15. The van der Waals surface area contributed by atoms with Crippen molar-refractivity contribution in [1.29, 1.82) is 0 Å². The molecule has 1 N–H and O–H groups in total. The number of pyridine rings is 3. The molecule has 158 valence electrons. The Kier molecular flexibility index (Phi) is 4.53. The van der Waals surface area contributed by atoms with Gasteiger partial charge in [-0.25, -0.2) is 18.7 Å². The summed E-state index contributed by atoms with van der Waals surface area (Å²) in [4.78, 5) is 17.7. The van der Waals surface area contributed by atoms with E-state index in [-0.39, 0.29) is 5.56 Å². The van der Waals surface area contributed by atoms with Crippen LogP contribution in [0.5, 0.6) is 0 Å². The van der Waals surface area contributed by atoms with Gasteiger partial charge in [0, 0.05) is 46.7 Å². The second-order valence-corrected chi connectivity index (χ2v) is 8.89. The first-order chi connectivity index (χ1) is 15.7. The van der Waals surface area contributed by atoms with Gasteiger partial charge in [0.05, 0.1) is 26.4 Å². The summed E-state index contributed by atoms with van der Waals surface area (Å²) in [5, 5.41) is 5.39. The zero-order valence-electron chi connectivity index (χ0n) is 16.8. The Hall–Kier alpha value is -3.52. The maximum absolute atomic E-state index is 13.6. The molecule has 8 heteroatoms. The molecular formula is C24H17F2N5S. The Morgan fingerprint density at radius 3 is 2.75 bits per heavy atom. The fourth-order valence-corrected chi connectivity index (χ4v) is 4.96. The van der Waals surface area contributed by atoms with Crippen molar-refractivity contribution in [3.63, 3.8) is 0 Å². The summed E-state index contributed by atoms with van der Waals surface area (Å²) in [6, 6.07) is 13.1. The summed E-state index contributed by atoms with van der Waals surface area (Å²) < 4.78 is 28.3. The first-order valence-corrected chi connectivity index (χ1v) is 11.1. The highest BCUT2D eigenvalue weighted by Crippen LogP contribution is 2.43. The van der Waals surface area contributed by atoms with Crippen molar-refractivity contribution in [2.75, 3.05) is 5.32 Å². The highest BCUT2D eigenvalue weighted by Gasteiger charge is 2.27. The molecule has 0 atom stereocenters. The molecule has 32 heavy (non-hydrogen) atoms. The molecule has 1 saturated carbocycles. The van der Waals surface area contributed by atoms with Gasteiger partial charge in [-0.05, 0) is 55.3 Å². The minimum atomic E-state index is -2.65. The van der Waals surface area contributed by atoms with E-state index in [4.69, 9.17) is 9.97 Å². The summed E-state index contributed by atoms with van der Waals surface area (Å²) in [5.74, 6) is 1.18. The maximum atomic E-state index is 13.6. The first kappa shape index (κ1) is 19.2. The number of nitrogens with one attached hydrogen (secondary N) is 1. The molecule has 0 radical (unpaired) electrons. The van der Waals surface area contributed by atoms with Crippen LogP contribution in [0.1, 0.15) is 35.8 Å². The largest absolute Gasteiger partial charge is 0.340 e. The molecule has 4 aromatic heterocycles. The number of rotatable bonds is 5. The van der Waals surface area contributed by atoms with E-state index < -0.39 is 6.43 Å². The van der Waals surface area contributed by atoms with Crippen LogP contribution in [0.25, 0.3) is 32.4 Å². The standard InChI is InChI=1S/C24H17F2N5S/c25-22(26)17-12-27-9-7-15(17)20-11-19-16(2-1-8-28-19)23(30-20)29-14-5-6-18-21(10-14)32-24(31-18)13-3-4-13/h1-2,5-13,22H,3-4H2,(H,29,30). The molecule has 0 saturated heterocycles. The van der Waals surface area contributed by atoms with Crippen molar-refractivity contribution in [2.24, 2.45) is 0 Å². The Morgan fingerprint density at radius 1 is 1.00 bits per heavy atom. The normalized spacial score (nSPS) is 13.8. The summed E-state index contributed by atoms with van der Waals surface area (Å²) >= 11 is 1.73. The van der Waals surface area contributed by atoms with E-state index in [1.165, 1.54) is 30.2 Å². The average molecular weight is 445 g/mol. The van der Waals surface area contributed by atoms with Crippen molar-refractivity contribution in [1.82, 2.24) is 19.9 Å². The summed E-state index contributed by atoms with van der Waals surface area (Å²) in [7, 11) is 0. The SMILES string of the molecule is FC(F)c1cnccc1-c1cc2ncccc2c(Nc2ccc3nc(C4CC4)sc3c2)n1. The predicted octanol–water partition coefficient (Wildman–Crippen LogP) is 6.86. The number of thiazole rings is 1. The third-order valence-electron chi connectivity index (χ3n) is 5.56. The van der Waals surface area contributed by atoms with Crippen molar-refractivity contribution in [3.05, 3.63) is 71.6 Å². The van der Waals surface area contributed by atoms with E-state index in [2.05, 4.69) is 21.4 Å². The molecule has 5 aromatic rings. The number of anilines is 2. The lowest BCUT2D eigenvalue weighted by atomic mass is 10.1. The zero-order valence-corrected chi connectivity index (χ0v) is 17.6. The molecule has 6 rings (SSSR count). The number of benzene rings is 1. The highest BCUT2D eigenvalue weighted by atomic mass is 32.1. The number of hydrogen-bond donors (Lipinski definition) is 1. The quantitative estimate of drug-likeness (QED) is 0.320. The third kappa shape index (κ3) is 3.46. The zero-order chi connectivity index (χ0) is 21.7. The number of alkyl halides is 2. The van der Waals surface area contributed by atoms with E-state index in [1.807, 2.05) is 24.3 Å². The van der Waals surface area contributed by atoms with Crippen LogP contribution in [0, 0.1) is 0 Å². The molecule has 0 spiro atoms. The van der Waals surface area contributed by atoms with Crippen LogP contribution < -0.4 is 5.32 Å². The smallest absolute Gasteiger partial charge is 0.265 e. The Morgan fingerprint density at radius 2 is 1.91 bits per heavy atom. The molecule has 0 aliphatic heterocycles. The van der Waals surface area contributed by atoms with E-state index in [0.717, 1.165) is 21.3 Å². The van der Waals surface area contributed by atoms with Crippen LogP contribution in [0.2, 0.25) is 0 Å². The van der Waals surface area contributed by atoms with Gasteiger partial charge >= 0.3 is 0 Å². The average Bonchev–Trinajstić information content (AvgIpc) is 3.58. The molecule has 4 heterocycles. The maximum Gasteiger partial charge on any atom is 0.265 e. The van der Waals surface area contributed by atoms with Crippen molar-refractivity contribution >= 4 is 44.0 Å². The fourth-order valence-electron chi connectivity index (χ4n) is 3.78. The lowest BCUT2D eigenvalue weighted by molar-refractivity contribution is 0.151. The van der Waals surface area contributed by atoms with E-state index in [1.54, 1.807) is 29.7 Å². The summed E-state index contributed by atoms with van der Waals surface area (Å²) in [6.45, 7) is 0. The van der Waals surface area contributed by atoms with Gasteiger partial charge in [-0.15, -0.1) is 11.3 Å². The molecule has 1 aliphatic rings. The lowest BCUT2D eigenvalue weighted by Gasteiger charge is -2.13. The van der Waals surface area contributed by atoms with E-state index >= 15 is 0 Å². The van der Waals surface area contributed by atoms with Gasteiger partial charge in [-0.3, -0.25) is 9.97 Å². The number of halogens is 2. The Labute approximate surface area is 186 Å². The van der Waals surface area contributed by atoms with Gasteiger partial charge in [0.15, 0.2) is 0 Å². The molecule has 0 amide bonds. The molecule has 5 nitrogen and oxygen atoms in total. The van der Waals surface area contributed by atoms with E-state index in [0.29, 0.717) is 28.5 Å². The predicted molar refractivity (Wildman–Crippen MR) is 123 cm³/mol. The molecule has 1 aliphatic carbocycles. The molecule has 0 bridgehead atoms. The van der Waals surface area contributed by atoms with Gasteiger partial charge in [0.25, 0.3) is 6.43 Å². The van der Waals surface area contributed by atoms with Gasteiger partial charge in [0.1, 0.15) is 5.82 Å². The summed E-state index contributed by atoms with van der Waals surface area (Å²) in [6.07, 6.45) is 4.15. The van der Waals surface area contributed by atoms with Crippen LogP contribution in [0.4, 0.5) is 20.3 Å². The van der Waals surface area contributed by atoms with Crippen LogP contribution in [0.3, 0.4) is 0 Å². The second kappa shape index (κ2) is 7.56. The van der Waals surface area contributed by atoms with E-state index in [9.17, 15) is 8.78 Å². The monoisotopic (exact) mass is 445 g/mol. The van der Waals surface area contributed by atoms with Crippen LogP contribution in [-0.4, -0.2) is 19.9 Å². The Bertz CT molecular complexity index is 1460. The Balaban J connectivity index is 1.45. The van der Waals surface area contributed by atoms with Crippen molar-refractivity contribution < 1.29 is 8.78 Å². The topological polar surface area (TPSA) is 63.6 Å².